The summed E-state index contributed by atoms with van der Waals surface area (Å²) in [5.74, 6) is 0.698. The summed E-state index contributed by atoms with van der Waals surface area (Å²) in [6.45, 7) is 8.05. The van der Waals surface area contributed by atoms with Crippen LogP contribution in [0.15, 0.2) is 36.4 Å². The molecule has 0 aliphatic carbocycles. The highest BCUT2D eigenvalue weighted by Crippen LogP contribution is 2.23. The van der Waals surface area contributed by atoms with Crippen molar-refractivity contribution < 1.29 is 9.53 Å². The van der Waals surface area contributed by atoms with Crippen LogP contribution >= 0.6 is 0 Å². The van der Waals surface area contributed by atoms with Crippen LogP contribution in [0, 0.1) is 27.7 Å². The summed E-state index contributed by atoms with van der Waals surface area (Å²) in [7, 11) is 1.65. The summed E-state index contributed by atoms with van der Waals surface area (Å²) in [5.41, 5.74) is 6.29. The molecule has 0 heterocycles. The molecule has 0 aromatic heterocycles. The largest absolute Gasteiger partial charge is 0.497 e. The predicted octanol–water partition coefficient (Wildman–Crippen LogP) is 4.58. The van der Waals surface area contributed by atoms with E-state index in [4.69, 9.17) is 4.74 Å². The number of anilines is 1. The molecule has 0 fully saturated rings. The number of benzene rings is 2. The molecule has 3 heteroatoms. The number of hydrogen-bond donors (Lipinski definition) is 1. The van der Waals surface area contributed by atoms with Crippen molar-refractivity contribution in [1.82, 2.24) is 0 Å². The van der Waals surface area contributed by atoms with Gasteiger partial charge >= 0.3 is 0 Å². The number of ether oxygens (including phenoxy) is 1. The first kappa shape index (κ1) is 16.8. The molecule has 1 N–H and O–H groups in total. The molecule has 2 aromatic carbocycles. The topological polar surface area (TPSA) is 38.3 Å². The Morgan fingerprint density at radius 2 is 1.65 bits per heavy atom. The van der Waals surface area contributed by atoms with Crippen LogP contribution in [0.4, 0.5) is 5.69 Å². The van der Waals surface area contributed by atoms with Gasteiger partial charge in [0, 0.05) is 11.8 Å². The molecule has 0 bridgehead atoms. The van der Waals surface area contributed by atoms with Gasteiger partial charge in [0.1, 0.15) is 5.75 Å². The van der Waals surface area contributed by atoms with Crippen LogP contribution in [0.25, 0.3) is 6.08 Å². The first-order chi connectivity index (χ1) is 10.9. The van der Waals surface area contributed by atoms with E-state index in [2.05, 4.69) is 11.4 Å². The molecule has 0 saturated heterocycles. The zero-order valence-corrected chi connectivity index (χ0v) is 14.4. The monoisotopic (exact) mass is 309 g/mol. The Kier molecular flexibility index (Phi) is 5.22. The van der Waals surface area contributed by atoms with Gasteiger partial charge in [-0.3, -0.25) is 4.79 Å². The summed E-state index contributed by atoms with van der Waals surface area (Å²) in [4.78, 5) is 12.1. The van der Waals surface area contributed by atoms with E-state index in [1.165, 1.54) is 5.56 Å². The van der Waals surface area contributed by atoms with Gasteiger partial charge in [0.15, 0.2) is 0 Å². The molecular weight excluding hydrogens is 286 g/mol. The van der Waals surface area contributed by atoms with E-state index in [9.17, 15) is 4.79 Å². The zero-order chi connectivity index (χ0) is 17.0. The Morgan fingerprint density at radius 1 is 1.00 bits per heavy atom. The number of carbonyl (C=O) groups excluding carboxylic acids is 1. The van der Waals surface area contributed by atoms with Crippen LogP contribution in [-0.4, -0.2) is 13.0 Å². The van der Waals surface area contributed by atoms with Crippen LogP contribution < -0.4 is 10.1 Å². The third-order valence-corrected chi connectivity index (χ3v) is 3.84. The zero-order valence-electron chi connectivity index (χ0n) is 14.4. The second kappa shape index (κ2) is 7.14. The van der Waals surface area contributed by atoms with Crippen molar-refractivity contribution in [2.75, 3.05) is 12.4 Å². The van der Waals surface area contributed by atoms with Gasteiger partial charge < -0.3 is 10.1 Å². The molecule has 0 saturated carbocycles. The van der Waals surface area contributed by atoms with Crippen molar-refractivity contribution in [2.24, 2.45) is 0 Å². The second-order valence-corrected chi connectivity index (χ2v) is 5.82. The lowest BCUT2D eigenvalue weighted by Crippen LogP contribution is -2.09. The standard InChI is InChI=1S/C20H23NO2/c1-13-6-8-19(16(4)10-13)21-20(22)9-7-18-14(2)11-17(23-5)12-15(18)3/h6-12H,1-5H3,(H,21,22)/b9-7+. The SMILES string of the molecule is COc1cc(C)c(/C=C/C(=O)Nc2ccc(C)cc2C)c(C)c1. The fourth-order valence-electron chi connectivity index (χ4n) is 2.60. The number of hydrogen-bond acceptors (Lipinski definition) is 2. The van der Waals surface area contributed by atoms with Crippen LogP contribution in [0.3, 0.4) is 0 Å². The number of nitrogens with one attached hydrogen (secondary N) is 1. The van der Waals surface area contributed by atoms with E-state index in [-0.39, 0.29) is 5.91 Å². The summed E-state index contributed by atoms with van der Waals surface area (Å²) >= 11 is 0. The molecule has 0 unspecified atom stereocenters. The molecular formula is C20H23NO2. The van der Waals surface area contributed by atoms with E-state index in [1.807, 2.05) is 58.0 Å². The Balaban J connectivity index is 2.15. The minimum absolute atomic E-state index is 0.133. The predicted molar refractivity (Wildman–Crippen MR) is 96.0 cm³/mol. The van der Waals surface area contributed by atoms with E-state index in [1.54, 1.807) is 13.2 Å². The lowest BCUT2D eigenvalue weighted by molar-refractivity contribution is -0.111. The van der Waals surface area contributed by atoms with Crippen molar-refractivity contribution in [3.63, 3.8) is 0 Å². The second-order valence-electron chi connectivity index (χ2n) is 5.82. The fraction of sp³-hybridized carbons (Fsp3) is 0.250. The van der Waals surface area contributed by atoms with Crippen molar-refractivity contribution in [3.05, 3.63) is 64.2 Å². The molecule has 0 aliphatic rings. The lowest BCUT2D eigenvalue weighted by atomic mass is 10.0. The highest BCUT2D eigenvalue weighted by Gasteiger charge is 2.05. The average Bonchev–Trinajstić information content (AvgIpc) is 2.49. The lowest BCUT2D eigenvalue weighted by Gasteiger charge is -2.09. The minimum atomic E-state index is -0.133. The number of aryl methyl sites for hydroxylation is 4. The van der Waals surface area contributed by atoms with Crippen LogP contribution in [-0.2, 0) is 4.79 Å². The smallest absolute Gasteiger partial charge is 0.248 e. The van der Waals surface area contributed by atoms with Crippen molar-refractivity contribution >= 4 is 17.7 Å². The molecule has 23 heavy (non-hydrogen) atoms. The quantitative estimate of drug-likeness (QED) is 0.839. The van der Waals surface area contributed by atoms with E-state index in [0.717, 1.165) is 33.7 Å². The molecule has 2 aromatic rings. The van der Waals surface area contributed by atoms with E-state index < -0.39 is 0 Å². The Hall–Kier alpha value is -2.55. The molecule has 3 nitrogen and oxygen atoms in total. The molecule has 0 spiro atoms. The molecule has 1 amide bonds. The normalized spacial score (nSPS) is 10.8. The number of amides is 1. The summed E-state index contributed by atoms with van der Waals surface area (Å²) in [6.07, 6.45) is 3.42. The van der Waals surface area contributed by atoms with Crippen molar-refractivity contribution in [1.29, 1.82) is 0 Å². The van der Waals surface area contributed by atoms with Gasteiger partial charge in [-0.05, 0) is 74.2 Å². The Morgan fingerprint density at radius 3 is 2.22 bits per heavy atom. The van der Waals surface area contributed by atoms with E-state index in [0.29, 0.717) is 0 Å². The third-order valence-electron chi connectivity index (χ3n) is 3.84. The van der Waals surface area contributed by atoms with Gasteiger partial charge in [0.25, 0.3) is 0 Å². The van der Waals surface area contributed by atoms with Crippen LogP contribution in [0.1, 0.15) is 27.8 Å². The van der Waals surface area contributed by atoms with Gasteiger partial charge in [-0.15, -0.1) is 0 Å². The Labute approximate surface area is 138 Å². The summed E-state index contributed by atoms with van der Waals surface area (Å²) < 4.78 is 5.25. The van der Waals surface area contributed by atoms with Gasteiger partial charge in [0.2, 0.25) is 5.91 Å². The number of methoxy groups -OCH3 is 1. The van der Waals surface area contributed by atoms with Crippen LogP contribution in [0.2, 0.25) is 0 Å². The van der Waals surface area contributed by atoms with Gasteiger partial charge in [-0.25, -0.2) is 0 Å². The maximum absolute atomic E-state index is 12.1. The first-order valence-corrected chi connectivity index (χ1v) is 7.62. The van der Waals surface area contributed by atoms with Gasteiger partial charge in [-0.1, -0.05) is 17.7 Å². The highest BCUT2D eigenvalue weighted by molar-refractivity contribution is 6.02. The maximum Gasteiger partial charge on any atom is 0.248 e. The average molecular weight is 309 g/mol. The van der Waals surface area contributed by atoms with Gasteiger partial charge in [0.05, 0.1) is 7.11 Å². The van der Waals surface area contributed by atoms with Crippen molar-refractivity contribution in [3.8, 4) is 5.75 Å². The fourth-order valence-corrected chi connectivity index (χ4v) is 2.60. The minimum Gasteiger partial charge on any atom is -0.497 e. The van der Waals surface area contributed by atoms with E-state index >= 15 is 0 Å². The maximum atomic E-state index is 12.1. The molecule has 2 rings (SSSR count). The molecule has 0 atom stereocenters. The summed E-state index contributed by atoms with van der Waals surface area (Å²) in [5, 5.41) is 2.92. The van der Waals surface area contributed by atoms with Crippen LogP contribution in [0.5, 0.6) is 5.75 Å². The first-order valence-electron chi connectivity index (χ1n) is 7.62. The third kappa shape index (κ3) is 4.22. The molecule has 120 valence electrons. The van der Waals surface area contributed by atoms with Crippen molar-refractivity contribution in [2.45, 2.75) is 27.7 Å². The Bertz CT molecular complexity index is 737. The van der Waals surface area contributed by atoms with Gasteiger partial charge in [-0.2, -0.15) is 0 Å². The molecule has 0 radical (unpaired) electrons. The number of carbonyl (C=O) groups is 1. The highest BCUT2D eigenvalue weighted by atomic mass is 16.5. The molecule has 0 aliphatic heterocycles. The number of rotatable bonds is 4. The summed E-state index contributed by atoms with van der Waals surface area (Å²) in [6, 6.07) is 9.91.